The molecule has 4 aromatic rings. The van der Waals surface area contributed by atoms with Gasteiger partial charge in [0.1, 0.15) is 24.0 Å². The first-order valence-corrected chi connectivity index (χ1v) is 15.2. The zero-order chi connectivity index (χ0) is 27.3. The Bertz CT molecular complexity index is 1590. The minimum absolute atomic E-state index is 0.0281. The number of benzene rings is 1. The van der Waals surface area contributed by atoms with Crippen LogP contribution in [0.1, 0.15) is 62.0 Å². The monoisotopic (exact) mass is 543 g/mol. The van der Waals surface area contributed by atoms with Gasteiger partial charge in [-0.2, -0.15) is 0 Å². The van der Waals surface area contributed by atoms with Crippen LogP contribution in [-0.4, -0.2) is 44.0 Å². The van der Waals surface area contributed by atoms with E-state index in [4.69, 9.17) is 9.40 Å². The van der Waals surface area contributed by atoms with Crippen molar-refractivity contribution in [3.8, 4) is 11.3 Å². The van der Waals surface area contributed by atoms with Gasteiger partial charge >= 0.3 is 0 Å². The van der Waals surface area contributed by atoms with Gasteiger partial charge in [0.15, 0.2) is 0 Å². The Morgan fingerprint density at radius 1 is 1.15 bits per heavy atom. The molecule has 0 unspecified atom stereocenters. The maximum absolute atomic E-state index is 14.0. The molecule has 0 amide bonds. The molecule has 0 radical (unpaired) electrons. The lowest BCUT2D eigenvalue weighted by Gasteiger charge is -2.46. The fourth-order valence-corrected chi connectivity index (χ4v) is 7.30. The number of pyridine rings is 1. The molecule has 39 heavy (non-hydrogen) atoms. The number of nitrogens with zero attached hydrogens (tertiary/aromatic N) is 5. The lowest BCUT2D eigenvalue weighted by Crippen LogP contribution is -2.43. The molecule has 4 heterocycles. The van der Waals surface area contributed by atoms with E-state index in [9.17, 15) is 4.79 Å². The van der Waals surface area contributed by atoms with E-state index in [-0.39, 0.29) is 10.8 Å². The number of rotatable bonds is 6. The zero-order valence-electron chi connectivity index (χ0n) is 23.5. The number of aromatic nitrogens is 4. The van der Waals surface area contributed by atoms with Crippen molar-refractivity contribution in [2.45, 2.75) is 63.4 Å². The summed E-state index contributed by atoms with van der Waals surface area (Å²) in [5.41, 5.74) is 4.84. The number of thioether (sulfide) groups is 1. The molecular weight excluding hydrogens is 506 g/mol. The molecule has 1 saturated heterocycles. The third-order valence-electron chi connectivity index (χ3n) is 8.64. The molecule has 7 nitrogen and oxygen atoms in total. The molecule has 1 aliphatic heterocycles. The summed E-state index contributed by atoms with van der Waals surface area (Å²) in [6.45, 7) is 9.69. The van der Waals surface area contributed by atoms with Crippen LogP contribution in [-0.2, 0) is 19.0 Å². The average Bonchev–Trinajstić information content (AvgIpc) is 3.33. The minimum atomic E-state index is -0.237. The molecule has 1 atom stereocenters. The summed E-state index contributed by atoms with van der Waals surface area (Å²) in [7, 11) is 2.00. The van der Waals surface area contributed by atoms with E-state index in [1.165, 1.54) is 12.8 Å². The summed E-state index contributed by atoms with van der Waals surface area (Å²) in [6.07, 6.45) is 9.88. The molecule has 1 saturated carbocycles. The van der Waals surface area contributed by atoms with Crippen LogP contribution < -0.4 is 5.43 Å². The standard InChI is InChI=1S/C31H37N5O2S/c1-19-7-6-8-36(15-19)16-22-9-21(3)29-24(10-22)28(37)25(17-38-29)26-11-23(12-27(33-26)39-5)31(13-20(2)14-31)30-34-32-18-35(30)4/h9-12,17-20H,6-8,13-16H2,1-5H3/t19-,20?,31?/m0/s1. The topological polar surface area (TPSA) is 77.0 Å². The van der Waals surface area contributed by atoms with E-state index in [0.29, 0.717) is 34.1 Å². The van der Waals surface area contributed by atoms with Crippen LogP contribution in [0, 0.1) is 18.8 Å². The zero-order valence-corrected chi connectivity index (χ0v) is 24.3. The Kier molecular flexibility index (Phi) is 6.88. The quantitative estimate of drug-likeness (QED) is 0.278. The Hall–Kier alpha value is -2.97. The molecule has 2 fully saturated rings. The molecule has 0 bridgehead atoms. The second kappa shape index (κ2) is 10.2. The second-order valence-electron chi connectivity index (χ2n) is 11.9. The molecule has 2 aliphatic rings. The smallest absolute Gasteiger partial charge is 0.202 e. The van der Waals surface area contributed by atoms with Crippen LogP contribution in [0.25, 0.3) is 22.2 Å². The van der Waals surface area contributed by atoms with Gasteiger partial charge in [-0.25, -0.2) is 4.98 Å². The molecule has 0 spiro atoms. The molecule has 3 aromatic heterocycles. The number of hydrogen-bond acceptors (Lipinski definition) is 7. The predicted molar refractivity (Wildman–Crippen MR) is 156 cm³/mol. The number of aryl methyl sites for hydroxylation is 2. The lowest BCUT2D eigenvalue weighted by atomic mass is 9.58. The predicted octanol–water partition coefficient (Wildman–Crippen LogP) is 5.96. The lowest BCUT2D eigenvalue weighted by molar-refractivity contribution is 0.176. The van der Waals surface area contributed by atoms with Gasteiger partial charge in [0, 0.05) is 20.1 Å². The van der Waals surface area contributed by atoms with Gasteiger partial charge in [-0.1, -0.05) is 19.9 Å². The summed E-state index contributed by atoms with van der Waals surface area (Å²) < 4.78 is 8.15. The van der Waals surface area contributed by atoms with E-state index in [1.54, 1.807) is 24.4 Å². The van der Waals surface area contributed by atoms with Gasteiger partial charge in [0.2, 0.25) is 5.43 Å². The Morgan fingerprint density at radius 2 is 1.97 bits per heavy atom. The van der Waals surface area contributed by atoms with E-state index in [1.807, 2.05) is 30.9 Å². The van der Waals surface area contributed by atoms with Crippen molar-refractivity contribution < 1.29 is 4.42 Å². The molecule has 1 aliphatic carbocycles. The summed E-state index contributed by atoms with van der Waals surface area (Å²) in [6, 6.07) is 8.42. The molecular formula is C31H37N5O2S. The molecule has 204 valence electrons. The molecule has 8 heteroatoms. The third kappa shape index (κ3) is 4.72. The number of hydrogen-bond donors (Lipinski definition) is 0. The van der Waals surface area contributed by atoms with Crippen LogP contribution in [0.15, 0.2) is 51.1 Å². The van der Waals surface area contributed by atoms with Crippen LogP contribution in [0.4, 0.5) is 0 Å². The summed E-state index contributed by atoms with van der Waals surface area (Å²) in [5, 5.41) is 10.2. The van der Waals surface area contributed by atoms with Gasteiger partial charge in [-0.3, -0.25) is 9.69 Å². The van der Waals surface area contributed by atoms with Crippen molar-refractivity contribution in [3.63, 3.8) is 0 Å². The third-order valence-corrected chi connectivity index (χ3v) is 9.27. The Morgan fingerprint density at radius 3 is 2.67 bits per heavy atom. The maximum atomic E-state index is 14.0. The van der Waals surface area contributed by atoms with Crippen molar-refractivity contribution in [1.82, 2.24) is 24.6 Å². The van der Waals surface area contributed by atoms with Crippen LogP contribution >= 0.6 is 11.8 Å². The van der Waals surface area contributed by atoms with Gasteiger partial charge in [-0.05, 0) is 92.1 Å². The maximum Gasteiger partial charge on any atom is 0.202 e. The van der Waals surface area contributed by atoms with Gasteiger partial charge in [-0.15, -0.1) is 22.0 Å². The van der Waals surface area contributed by atoms with Crippen LogP contribution in [0.3, 0.4) is 0 Å². The van der Waals surface area contributed by atoms with Crippen molar-refractivity contribution in [2.24, 2.45) is 18.9 Å². The largest absolute Gasteiger partial charge is 0.463 e. The Labute approximate surface area is 234 Å². The fraction of sp³-hybridized carbons (Fsp3) is 0.484. The highest BCUT2D eigenvalue weighted by Crippen LogP contribution is 2.52. The highest BCUT2D eigenvalue weighted by molar-refractivity contribution is 7.98. The average molecular weight is 544 g/mol. The Balaban J connectivity index is 1.44. The van der Waals surface area contributed by atoms with Gasteiger partial charge in [0.25, 0.3) is 0 Å². The molecule has 6 rings (SSSR count). The highest BCUT2D eigenvalue weighted by atomic mass is 32.2. The van der Waals surface area contributed by atoms with Gasteiger partial charge in [0.05, 0.1) is 27.1 Å². The number of piperidine rings is 1. The highest BCUT2D eigenvalue weighted by Gasteiger charge is 2.48. The van der Waals surface area contributed by atoms with Gasteiger partial charge < -0.3 is 8.98 Å². The first-order valence-electron chi connectivity index (χ1n) is 14.0. The van der Waals surface area contributed by atoms with Crippen molar-refractivity contribution >= 4 is 22.7 Å². The molecule has 1 aromatic carbocycles. The summed E-state index contributed by atoms with van der Waals surface area (Å²) >= 11 is 1.59. The van der Waals surface area contributed by atoms with E-state index in [0.717, 1.165) is 60.0 Å². The second-order valence-corrected chi connectivity index (χ2v) is 12.7. The van der Waals surface area contributed by atoms with Crippen molar-refractivity contribution in [1.29, 1.82) is 0 Å². The minimum Gasteiger partial charge on any atom is -0.463 e. The van der Waals surface area contributed by atoms with E-state index in [2.05, 4.69) is 47.1 Å². The van der Waals surface area contributed by atoms with E-state index < -0.39 is 0 Å². The first kappa shape index (κ1) is 26.3. The first-order chi connectivity index (χ1) is 18.8. The normalized spacial score (nSPS) is 23.7. The van der Waals surface area contributed by atoms with Crippen LogP contribution in [0.2, 0.25) is 0 Å². The van der Waals surface area contributed by atoms with E-state index >= 15 is 0 Å². The molecule has 0 N–H and O–H groups in total. The number of fused-ring (bicyclic) bond motifs is 1. The summed E-state index contributed by atoms with van der Waals surface area (Å²) in [5.74, 6) is 2.26. The number of likely N-dealkylation sites (tertiary alicyclic amines) is 1. The van der Waals surface area contributed by atoms with Crippen molar-refractivity contribution in [2.75, 3.05) is 19.3 Å². The van der Waals surface area contributed by atoms with Crippen molar-refractivity contribution in [3.05, 3.63) is 69.6 Å². The van der Waals surface area contributed by atoms with Crippen LogP contribution in [0.5, 0.6) is 0 Å². The summed E-state index contributed by atoms with van der Waals surface area (Å²) in [4.78, 5) is 21.4. The fourth-order valence-electron chi connectivity index (χ4n) is 6.86. The SMILES string of the molecule is CSc1cc(C2(c3nncn3C)CC(C)C2)cc(-c2coc3c(C)cc(CN4CCC[C@H](C)C4)cc3c2=O)n1.